The Hall–Kier alpha value is -2.49. The Balaban J connectivity index is 1.49. The predicted molar refractivity (Wildman–Crippen MR) is 142 cm³/mol. The maximum atomic E-state index is 13.9. The molecule has 2 N–H and O–H groups in total. The van der Waals surface area contributed by atoms with Crippen LogP contribution in [0.4, 0.5) is 13.2 Å². The van der Waals surface area contributed by atoms with Gasteiger partial charge in [0.15, 0.2) is 17.5 Å². The van der Waals surface area contributed by atoms with E-state index in [2.05, 4.69) is 26.2 Å². The molecule has 0 bridgehead atoms. The molecule has 5 rings (SSSR count). The van der Waals surface area contributed by atoms with Gasteiger partial charge in [0.1, 0.15) is 35.5 Å². The lowest BCUT2D eigenvalue weighted by molar-refractivity contribution is -0.191. The number of ether oxygens (including phenoxy) is 2. The van der Waals surface area contributed by atoms with Crippen molar-refractivity contribution in [1.29, 1.82) is 0 Å². The summed E-state index contributed by atoms with van der Waals surface area (Å²) in [7, 11) is 0. The number of amides is 1. The number of aromatic nitrogens is 3. The van der Waals surface area contributed by atoms with Gasteiger partial charge in [-0.05, 0) is 43.7 Å². The van der Waals surface area contributed by atoms with Gasteiger partial charge in [0.05, 0.1) is 18.4 Å². The quantitative estimate of drug-likeness (QED) is 0.357. The largest absolute Gasteiger partial charge is 0.394 e. The molecule has 2 fully saturated rings. The van der Waals surface area contributed by atoms with Gasteiger partial charge in [-0.15, -0.1) is 5.10 Å². The van der Waals surface area contributed by atoms with Crippen LogP contribution in [-0.4, -0.2) is 86.1 Å². The second-order valence-electron chi connectivity index (χ2n) is 9.37. The minimum absolute atomic E-state index is 0.0333. The Morgan fingerprint density at radius 2 is 1.95 bits per heavy atom. The normalized spacial score (nSPS) is 24.7. The fourth-order valence-corrected chi connectivity index (χ4v) is 6.48. The number of carbonyl (C=O) groups excluding carboxylic acids is 1. The molecule has 1 amide bonds. The standard InChI is InChI=1S/C26H26BrF3N4O5S/c1-2-38-24-22(34-11-18(31-32-34)13-8-16(28)21(30)17(29)9-13)23(36)19(12-35)39-26(24)40-20-10-14(27)4-5-15(20)25(37)33-6-3-7-33/h4-5,8-11,19,22-24,26,35-36H,2-3,6-7,12H2,1H3/t19?,22-,23-,24?,26+/m0/s1. The lowest BCUT2D eigenvalue weighted by Crippen LogP contribution is -2.56. The zero-order valence-corrected chi connectivity index (χ0v) is 23.6. The average Bonchev–Trinajstić information content (AvgIpc) is 3.37. The molecule has 0 saturated carbocycles. The zero-order chi connectivity index (χ0) is 28.6. The number of halogens is 4. The molecule has 2 aromatic carbocycles. The Kier molecular flexibility index (Phi) is 8.83. The SMILES string of the molecule is CCOC1[C@@H](Sc2cc(Br)ccc2C(=O)N2CCC2)OC(CO)[C@H](O)[C@@H]1n1cc(-c2cc(F)c(F)c(F)c2)nn1. The number of thioether (sulfide) groups is 1. The van der Waals surface area contributed by atoms with Crippen LogP contribution in [0.1, 0.15) is 29.7 Å². The van der Waals surface area contributed by atoms with Gasteiger partial charge in [0, 0.05) is 34.6 Å². The van der Waals surface area contributed by atoms with Gasteiger partial charge in [-0.1, -0.05) is 32.9 Å². The fraction of sp³-hybridized carbons (Fsp3) is 0.423. The van der Waals surface area contributed by atoms with Crippen LogP contribution in [0.25, 0.3) is 11.3 Å². The van der Waals surface area contributed by atoms with Gasteiger partial charge >= 0.3 is 0 Å². The first-order valence-corrected chi connectivity index (χ1v) is 14.3. The molecule has 2 saturated heterocycles. The summed E-state index contributed by atoms with van der Waals surface area (Å²) in [5, 5.41) is 29.2. The zero-order valence-electron chi connectivity index (χ0n) is 21.2. The molecule has 1 aromatic heterocycles. The van der Waals surface area contributed by atoms with Crippen LogP contribution < -0.4 is 0 Å². The Morgan fingerprint density at radius 3 is 2.58 bits per heavy atom. The van der Waals surface area contributed by atoms with E-state index in [9.17, 15) is 28.2 Å². The minimum Gasteiger partial charge on any atom is -0.394 e. The van der Waals surface area contributed by atoms with E-state index in [4.69, 9.17) is 9.47 Å². The summed E-state index contributed by atoms with van der Waals surface area (Å²) in [6, 6.07) is 5.95. The van der Waals surface area contributed by atoms with Crippen molar-refractivity contribution in [3.8, 4) is 11.3 Å². The molecule has 2 aliphatic heterocycles. The predicted octanol–water partition coefficient (Wildman–Crippen LogP) is 3.79. The first kappa shape index (κ1) is 29.0. The van der Waals surface area contributed by atoms with Crippen LogP contribution in [0.2, 0.25) is 0 Å². The maximum absolute atomic E-state index is 13.9. The smallest absolute Gasteiger partial charge is 0.254 e. The fourth-order valence-electron chi connectivity index (χ4n) is 4.67. The summed E-state index contributed by atoms with van der Waals surface area (Å²) in [6.07, 6.45) is -0.910. The monoisotopic (exact) mass is 642 g/mol. The van der Waals surface area contributed by atoms with Crippen molar-refractivity contribution in [3.05, 3.63) is 64.0 Å². The lowest BCUT2D eigenvalue weighted by Gasteiger charge is -2.43. The molecular formula is C26H26BrF3N4O5S. The third kappa shape index (κ3) is 5.65. The summed E-state index contributed by atoms with van der Waals surface area (Å²) in [5.41, 5.74) is -0.342. The lowest BCUT2D eigenvalue weighted by atomic mass is 9.97. The van der Waals surface area contributed by atoms with E-state index in [1.807, 2.05) is 0 Å². The molecule has 2 unspecified atom stereocenters. The molecular weight excluding hydrogens is 617 g/mol. The molecule has 2 aliphatic rings. The van der Waals surface area contributed by atoms with Crippen molar-refractivity contribution in [3.63, 3.8) is 0 Å². The van der Waals surface area contributed by atoms with Gasteiger partial charge in [0.2, 0.25) is 0 Å². The Labute approximate surface area is 240 Å². The highest BCUT2D eigenvalue weighted by Gasteiger charge is 2.48. The second-order valence-corrected chi connectivity index (χ2v) is 11.4. The van der Waals surface area contributed by atoms with E-state index >= 15 is 0 Å². The van der Waals surface area contributed by atoms with E-state index < -0.39 is 53.8 Å². The highest BCUT2D eigenvalue weighted by Crippen LogP contribution is 2.42. The highest BCUT2D eigenvalue weighted by molar-refractivity contribution is 9.10. The molecule has 0 spiro atoms. The van der Waals surface area contributed by atoms with Crippen molar-refractivity contribution in [2.75, 3.05) is 26.3 Å². The van der Waals surface area contributed by atoms with Gasteiger partial charge in [-0.2, -0.15) is 0 Å². The minimum atomic E-state index is -1.60. The molecule has 9 nitrogen and oxygen atoms in total. The van der Waals surface area contributed by atoms with Gasteiger partial charge in [-0.3, -0.25) is 4.79 Å². The number of rotatable bonds is 8. The summed E-state index contributed by atoms with van der Waals surface area (Å²) < 4.78 is 55.3. The van der Waals surface area contributed by atoms with Crippen molar-refractivity contribution in [2.24, 2.45) is 0 Å². The summed E-state index contributed by atoms with van der Waals surface area (Å²) in [6.45, 7) is 2.82. The first-order chi connectivity index (χ1) is 19.2. The average molecular weight is 643 g/mol. The van der Waals surface area contributed by atoms with E-state index in [1.54, 1.807) is 30.0 Å². The van der Waals surface area contributed by atoms with E-state index in [-0.39, 0.29) is 23.8 Å². The first-order valence-electron chi connectivity index (χ1n) is 12.6. The number of nitrogens with zero attached hydrogens (tertiary/aromatic N) is 4. The van der Waals surface area contributed by atoms with E-state index in [0.29, 0.717) is 23.5 Å². The van der Waals surface area contributed by atoms with E-state index in [1.165, 1.54) is 22.6 Å². The van der Waals surface area contributed by atoms with Gasteiger partial charge in [0.25, 0.3) is 5.91 Å². The topological polar surface area (TPSA) is 110 Å². The summed E-state index contributed by atoms with van der Waals surface area (Å²) in [5.74, 6) is -4.47. The van der Waals surface area contributed by atoms with Crippen LogP contribution in [0.3, 0.4) is 0 Å². The molecule has 214 valence electrons. The Bertz CT molecular complexity index is 1370. The Morgan fingerprint density at radius 1 is 1.23 bits per heavy atom. The number of likely N-dealkylation sites (tertiary alicyclic amines) is 1. The van der Waals surface area contributed by atoms with Crippen LogP contribution in [-0.2, 0) is 9.47 Å². The number of hydrogen-bond donors (Lipinski definition) is 2. The molecule has 0 radical (unpaired) electrons. The molecule has 3 aromatic rings. The summed E-state index contributed by atoms with van der Waals surface area (Å²) in [4.78, 5) is 15.5. The number of aliphatic hydroxyl groups excluding tert-OH is 2. The van der Waals surface area contributed by atoms with Crippen molar-refractivity contribution < 1.29 is 37.7 Å². The van der Waals surface area contributed by atoms with Crippen molar-refractivity contribution in [1.82, 2.24) is 19.9 Å². The number of aliphatic hydroxyl groups is 2. The van der Waals surface area contributed by atoms with Crippen LogP contribution in [0, 0.1) is 17.5 Å². The van der Waals surface area contributed by atoms with Gasteiger partial charge < -0.3 is 24.6 Å². The van der Waals surface area contributed by atoms with Crippen LogP contribution >= 0.6 is 27.7 Å². The van der Waals surface area contributed by atoms with Crippen molar-refractivity contribution >= 4 is 33.6 Å². The molecule has 3 heterocycles. The van der Waals surface area contributed by atoms with Crippen molar-refractivity contribution in [2.45, 2.75) is 48.0 Å². The third-order valence-electron chi connectivity index (χ3n) is 6.84. The highest BCUT2D eigenvalue weighted by atomic mass is 79.9. The van der Waals surface area contributed by atoms with E-state index in [0.717, 1.165) is 23.0 Å². The van der Waals surface area contributed by atoms with Crippen LogP contribution in [0.15, 0.2) is 45.9 Å². The molecule has 14 heteroatoms. The molecule has 0 aliphatic carbocycles. The number of carbonyl (C=O) groups is 1. The number of benzene rings is 2. The second kappa shape index (κ2) is 12.2. The van der Waals surface area contributed by atoms with Crippen LogP contribution in [0.5, 0.6) is 0 Å². The maximum Gasteiger partial charge on any atom is 0.254 e. The van der Waals surface area contributed by atoms with Gasteiger partial charge in [-0.25, -0.2) is 17.9 Å². The number of hydrogen-bond acceptors (Lipinski definition) is 8. The summed E-state index contributed by atoms with van der Waals surface area (Å²) >= 11 is 4.67. The third-order valence-corrected chi connectivity index (χ3v) is 8.54. The molecule has 40 heavy (non-hydrogen) atoms. The molecule has 5 atom stereocenters.